The van der Waals surface area contributed by atoms with E-state index in [1.807, 2.05) is 54.6 Å². The summed E-state index contributed by atoms with van der Waals surface area (Å²) in [4.78, 5) is 12.6. The molecule has 0 aliphatic carbocycles. The number of ether oxygens (including phenoxy) is 1. The second-order valence-corrected chi connectivity index (χ2v) is 10.0. The number of aryl methyl sites for hydroxylation is 1. The molecule has 0 saturated carbocycles. The second kappa shape index (κ2) is 11.7. The van der Waals surface area contributed by atoms with Crippen molar-refractivity contribution in [3.05, 3.63) is 115 Å². The van der Waals surface area contributed by atoms with Gasteiger partial charge in [0.25, 0.3) is 5.91 Å². The summed E-state index contributed by atoms with van der Waals surface area (Å²) in [6, 6.07) is 25.9. The molecule has 0 bridgehead atoms. The van der Waals surface area contributed by atoms with Gasteiger partial charge < -0.3 is 9.30 Å². The number of aromatic nitrogens is 1. The van der Waals surface area contributed by atoms with Gasteiger partial charge in [0.15, 0.2) is 0 Å². The van der Waals surface area contributed by atoms with Gasteiger partial charge in [-0.3, -0.25) is 4.79 Å². The summed E-state index contributed by atoms with van der Waals surface area (Å²) in [5, 5.41) is 4.14. The van der Waals surface area contributed by atoms with Gasteiger partial charge in [-0.05, 0) is 112 Å². The molecule has 0 atom stereocenters. The SMILES string of the molecule is C=CCOc1c(I)cc(/C=N/NC(=O)c2ccc(-n3c(C)ccc3-c3ccccc3)cc2)cc1I. The molecule has 0 radical (unpaired) electrons. The van der Waals surface area contributed by atoms with Crippen molar-refractivity contribution in [1.29, 1.82) is 0 Å². The summed E-state index contributed by atoms with van der Waals surface area (Å²) in [7, 11) is 0. The predicted octanol–water partition coefficient (Wildman–Crippen LogP) is 6.99. The number of carbonyl (C=O) groups is 1. The molecule has 1 aromatic heterocycles. The maximum Gasteiger partial charge on any atom is 0.271 e. The maximum atomic E-state index is 12.6. The first-order valence-electron chi connectivity index (χ1n) is 10.9. The zero-order valence-corrected chi connectivity index (χ0v) is 23.4. The first-order valence-corrected chi connectivity index (χ1v) is 13.0. The summed E-state index contributed by atoms with van der Waals surface area (Å²) in [5.41, 5.74) is 8.38. The van der Waals surface area contributed by atoms with Crippen LogP contribution in [0.1, 0.15) is 21.6 Å². The van der Waals surface area contributed by atoms with E-state index in [-0.39, 0.29) is 5.91 Å². The van der Waals surface area contributed by atoms with Crippen LogP contribution in [0.2, 0.25) is 0 Å². The van der Waals surface area contributed by atoms with Crippen LogP contribution in [0.4, 0.5) is 0 Å². The van der Waals surface area contributed by atoms with Gasteiger partial charge in [-0.2, -0.15) is 5.10 Å². The van der Waals surface area contributed by atoms with Crippen molar-refractivity contribution in [2.45, 2.75) is 6.92 Å². The lowest BCUT2D eigenvalue weighted by Crippen LogP contribution is -2.17. The zero-order valence-electron chi connectivity index (χ0n) is 19.0. The Morgan fingerprint density at radius 1 is 1.03 bits per heavy atom. The van der Waals surface area contributed by atoms with E-state index in [4.69, 9.17) is 4.74 Å². The number of hydrazone groups is 1. The lowest BCUT2D eigenvalue weighted by molar-refractivity contribution is 0.0955. The minimum absolute atomic E-state index is 0.268. The molecule has 176 valence electrons. The first-order chi connectivity index (χ1) is 17.0. The van der Waals surface area contributed by atoms with Crippen LogP contribution in [0, 0.1) is 14.1 Å². The topological polar surface area (TPSA) is 55.6 Å². The number of nitrogens with zero attached hydrogens (tertiary/aromatic N) is 2. The summed E-state index contributed by atoms with van der Waals surface area (Å²) >= 11 is 4.45. The van der Waals surface area contributed by atoms with Crippen LogP contribution in [0.3, 0.4) is 0 Å². The van der Waals surface area contributed by atoms with Crippen molar-refractivity contribution in [2.24, 2.45) is 5.10 Å². The normalized spacial score (nSPS) is 10.9. The number of carbonyl (C=O) groups excluding carboxylic acids is 1. The van der Waals surface area contributed by atoms with Crippen LogP contribution in [0.25, 0.3) is 16.9 Å². The average molecular weight is 687 g/mol. The Morgan fingerprint density at radius 2 is 1.71 bits per heavy atom. The molecule has 5 nitrogen and oxygen atoms in total. The monoisotopic (exact) mass is 687 g/mol. The highest BCUT2D eigenvalue weighted by Gasteiger charge is 2.11. The smallest absolute Gasteiger partial charge is 0.271 e. The van der Waals surface area contributed by atoms with E-state index in [0.29, 0.717) is 12.2 Å². The third-order valence-electron chi connectivity index (χ3n) is 5.28. The van der Waals surface area contributed by atoms with Crippen molar-refractivity contribution in [3.8, 4) is 22.7 Å². The van der Waals surface area contributed by atoms with Crippen molar-refractivity contribution in [1.82, 2.24) is 9.99 Å². The number of benzene rings is 3. The fourth-order valence-electron chi connectivity index (χ4n) is 3.64. The molecule has 0 saturated heterocycles. The molecular formula is C28H23I2N3O2. The minimum atomic E-state index is -0.268. The Labute approximate surface area is 232 Å². The highest BCUT2D eigenvalue weighted by atomic mass is 127. The van der Waals surface area contributed by atoms with Crippen LogP contribution in [0.15, 0.2) is 96.6 Å². The number of hydrogen-bond donors (Lipinski definition) is 1. The molecule has 3 aromatic carbocycles. The van der Waals surface area contributed by atoms with E-state index in [0.717, 1.165) is 41.1 Å². The van der Waals surface area contributed by atoms with Gasteiger partial charge in [0.1, 0.15) is 12.4 Å². The number of halogens is 2. The van der Waals surface area contributed by atoms with Crippen LogP contribution in [-0.4, -0.2) is 23.3 Å². The van der Waals surface area contributed by atoms with Gasteiger partial charge in [-0.25, -0.2) is 5.43 Å². The largest absolute Gasteiger partial charge is 0.487 e. The Hall–Kier alpha value is -2.92. The molecular weight excluding hydrogens is 664 g/mol. The van der Waals surface area contributed by atoms with Gasteiger partial charge in [0.2, 0.25) is 0 Å². The number of hydrogen-bond acceptors (Lipinski definition) is 3. The van der Waals surface area contributed by atoms with Crippen molar-refractivity contribution in [3.63, 3.8) is 0 Å². The third-order valence-corrected chi connectivity index (χ3v) is 6.88. The maximum absolute atomic E-state index is 12.6. The van der Waals surface area contributed by atoms with Gasteiger partial charge in [0, 0.05) is 16.9 Å². The fourth-order valence-corrected chi connectivity index (χ4v) is 5.77. The molecule has 1 N–H and O–H groups in total. The van der Waals surface area contributed by atoms with Gasteiger partial charge >= 0.3 is 0 Å². The molecule has 0 unspecified atom stereocenters. The molecule has 35 heavy (non-hydrogen) atoms. The van der Waals surface area contributed by atoms with E-state index in [9.17, 15) is 4.79 Å². The molecule has 0 aliphatic heterocycles. The first kappa shape index (κ1) is 25.2. The quantitative estimate of drug-likeness (QED) is 0.0941. The van der Waals surface area contributed by atoms with E-state index in [1.165, 1.54) is 0 Å². The fraction of sp³-hybridized carbons (Fsp3) is 0.0714. The van der Waals surface area contributed by atoms with Crippen molar-refractivity contribution >= 4 is 57.3 Å². The van der Waals surface area contributed by atoms with Crippen LogP contribution in [0.5, 0.6) is 5.75 Å². The van der Waals surface area contributed by atoms with E-state index < -0.39 is 0 Å². The summed E-state index contributed by atoms with van der Waals surface area (Å²) in [6.45, 7) is 6.20. The lowest BCUT2D eigenvalue weighted by atomic mass is 10.1. The number of rotatable bonds is 8. The minimum Gasteiger partial charge on any atom is -0.487 e. The molecule has 4 aromatic rings. The third kappa shape index (κ3) is 6.02. The summed E-state index contributed by atoms with van der Waals surface area (Å²) in [5.74, 6) is 0.552. The molecule has 1 heterocycles. The Balaban J connectivity index is 1.46. The number of nitrogens with one attached hydrogen (secondary N) is 1. The van der Waals surface area contributed by atoms with E-state index in [1.54, 1.807) is 12.3 Å². The Bertz CT molecular complexity index is 1350. The molecule has 0 spiro atoms. The standard InChI is InChI=1S/C28H23I2N3O2/c1-3-15-35-27-24(29)16-20(17-25(27)30)18-31-32-28(34)22-10-12-23(13-11-22)33-19(2)9-14-26(33)21-7-5-4-6-8-21/h3-14,16-18H,1,15H2,2H3,(H,32,34)/b31-18+. The van der Waals surface area contributed by atoms with Crippen LogP contribution in [-0.2, 0) is 0 Å². The Morgan fingerprint density at radius 3 is 2.37 bits per heavy atom. The molecule has 0 fully saturated rings. The average Bonchev–Trinajstić information content (AvgIpc) is 3.25. The van der Waals surface area contributed by atoms with Crippen LogP contribution >= 0.6 is 45.2 Å². The molecule has 7 heteroatoms. The zero-order chi connectivity index (χ0) is 24.8. The van der Waals surface area contributed by atoms with Gasteiger partial charge in [-0.1, -0.05) is 43.0 Å². The highest BCUT2D eigenvalue weighted by molar-refractivity contribution is 14.1. The predicted molar refractivity (Wildman–Crippen MR) is 159 cm³/mol. The summed E-state index contributed by atoms with van der Waals surface area (Å²) in [6.07, 6.45) is 3.34. The van der Waals surface area contributed by atoms with Gasteiger partial charge in [0.05, 0.1) is 19.0 Å². The van der Waals surface area contributed by atoms with E-state index in [2.05, 4.69) is 98.0 Å². The highest BCUT2D eigenvalue weighted by Crippen LogP contribution is 2.29. The molecule has 1 amide bonds. The second-order valence-electron chi connectivity index (χ2n) is 7.72. The lowest BCUT2D eigenvalue weighted by Gasteiger charge is -2.12. The van der Waals surface area contributed by atoms with E-state index >= 15 is 0 Å². The van der Waals surface area contributed by atoms with Crippen molar-refractivity contribution < 1.29 is 9.53 Å². The molecule has 0 aliphatic rings. The van der Waals surface area contributed by atoms with Gasteiger partial charge in [-0.15, -0.1) is 0 Å². The number of amides is 1. The van der Waals surface area contributed by atoms with Crippen LogP contribution < -0.4 is 10.2 Å². The Kier molecular flexibility index (Phi) is 8.40. The summed E-state index contributed by atoms with van der Waals surface area (Å²) < 4.78 is 9.82. The molecule has 4 rings (SSSR count). The van der Waals surface area contributed by atoms with Crippen molar-refractivity contribution in [2.75, 3.05) is 6.61 Å².